The van der Waals surface area contributed by atoms with Gasteiger partial charge in [-0.3, -0.25) is 4.79 Å². The average molecular weight is 569 g/mol. The Bertz CT molecular complexity index is 1320. The number of methoxy groups -OCH3 is 2. The summed E-state index contributed by atoms with van der Waals surface area (Å²) >= 11 is 3.49. The number of nitrogens with one attached hydrogen (secondary N) is 1. The minimum absolute atomic E-state index is 0.0817. The van der Waals surface area contributed by atoms with E-state index in [4.69, 9.17) is 18.9 Å². The van der Waals surface area contributed by atoms with Gasteiger partial charge >= 0.3 is 0 Å². The summed E-state index contributed by atoms with van der Waals surface area (Å²) in [5.41, 5.74) is 2.01. The van der Waals surface area contributed by atoms with E-state index in [1.54, 1.807) is 49.6 Å². The Hall–Kier alpha value is -4.03. The zero-order valence-electron chi connectivity index (χ0n) is 20.6. The Morgan fingerprint density at radius 3 is 2.46 bits per heavy atom. The highest BCUT2D eigenvalue weighted by Gasteiger charge is 2.15. The van der Waals surface area contributed by atoms with Crippen LogP contribution in [0.15, 0.2) is 64.6 Å². The van der Waals surface area contributed by atoms with Crippen molar-refractivity contribution in [2.24, 2.45) is 0 Å². The van der Waals surface area contributed by atoms with E-state index in [0.717, 1.165) is 11.1 Å². The summed E-state index contributed by atoms with van der Waals surface area (Å²) in [6, 6.07) is 16.6. The molecule has 0 radical (unpaired) electrons. The molecule has 192 valence electrons. The Kier molecular flexibility index (Phi) is 9.92. The van der Waals surface area contributed by atoms with Crippen molar-refractivity contribution in [1.29, 1.82) is 5.26 Å². The topological polar surface area (TPSA) is 89.8 Å². The maximum absolute atomic E-state index is 13.2. The van der Waals surface area contributed by atoms with E-state index in [-0.39, 0.29) is 24.5 Å². The monoisotopic (exact) mass is 568 g/mol. The van der Waals surface area contributed by atoms with E-state index in [1.165, 1.54) is 25.3 Å². The van der Waals surface area contributed by atoms with E-state index < -0.39 is 5.91 Å². The molecule has 1 amide bonds. The number of benzene rings is 3. The second-order valence-corrected chi connectivity index (χ2v) is 8.56. The van der Waals surface area contributed by atoms with Gasteiger partial charge in [-0.15, -0.1) is 0 Å². The molecular weight excluding hydrogens is 543 g/mol. The Balaban J connectivity index is 1.78. The summed E-state index contributed by atoms with van der Waals surface area (Å²) in [6.07, 6.45) is 1.47. The minimum atomic E-state index is -0.536. The van der Waals surface area contributed by atoms with Crippen LogP contribution in [-0.4, -0.2) is 26.7 Å². The van der Waals surface area contributed by atoms with Gasteiger partial charge in [0, 0.05) is 18.2 Å². The molecule has 0 fully saturated rings. The molecule has 0 atom stereocenters. The summed E-state index contributed by atoms with van der Waals surface area (Å²) in [7, 11) is 3.08. The van der Waals surface area contributed by atoms with E-state index in [1.807, 2.05) is 13.0 Å². The van der Waals surface area contributed by atoms with Crippen molar-refractivity contribution in [3.05, 3.63) is 87.2 Å². The number of hydrogen-bond acceptors (Lipinski definition) is 6. The maximum Gasteiger partial charge on any atom is 0.262 e. The van der Waals surface area contributed by atoms with E-state index in [9.17, 15) is 14.4 Å². The molecule has 1 N–H and O–H groups in total. The molecule has 0 heterocycles. The van der Waals surface area contributed by atoms with Crippen molar-refractivity contribution < 1.29 is 28.1 Å². The van der Waals surface area contributed by atoms with Crippen LogP contribution in [0.4, 0.5) is 4.39 Å². The number of amides is 1. The molecule has 0 saturated carbocycles. The van der Waals surface area contributed by atoms with Gasteiger partial charge in [-0.25, -0.2) is 4.39 Å². The first-order valence-corrected chi connectivity index (χ1v) is 12.1. The molecular formula is C28H26BrFN2O5. The molecule has 0 aromatic heterocycles. The second kappa shape index (κ2) is 13.3. The average Bonchev–Trinajstić information content (AvgIpc) is 2.90. The third-order valence-electron chi connectivity index (χ3n) is 5.24. The van der Waals surface area contributed by atoms with Crippen molar-refractivity contribution in [2.45, 2.75) is 20.1 Å². The lowest BCUT2D eigenvalue weighted by atomic mass is 10.1. The zero-order chi connectivity index (χ0) is 26.8. The number of carbonyl (C=O) groups excluding carboxylic acids is 1. The number of nitriles is 1. The predicted molar refractivity (Wildman–Crippen MR) is 141 cm³/mol. The number of rotatable bonds is 11. The minimum Gasteiger partial charge on any atom is -0.497 e. The van der Waals surface area contributed by atoms with E-state index in [2.05, 4.69) is 21.2 Å². The highest BCUT2D eigenvalue weighted by molar-refractivity contribution is 9.10. The van der Waals surface area contributed by atoms with E-state index >= 15 is 0 Å². The van der Waals surface area contributed by atoms with Crippen molar-refractivity contribution in [3.8, 4) is 29.1 Å². The van der Waals surface area contributed by atoms with Crippen LogP contribution >= 0.6 is 15.9 Å². The number of ether oxygens (including phenoxy) is 4. The lowest BCUT2D eigenvalue weighted by Gasteiger charge is -2.15. The van der Waals surface area contributed by atoms with Crippen molar-refractivity contribution in [1.82, 2.24) is 5.32 Å². The van der Waals surface area contributed by atoms with Gasteiger partial charge in [-0.2, -0.15) is 5.26 Å². The fourth-order valence-electron chi connectivity index (χ4n) is 3.39. The fourth-order valence-corrected chi connectivity index (χ4v) is 3.97. The number of halogens is 2. The van der Waals surface area contributed by atoms with Crippen LogP contribution in [0.3, 0.4) is 0 Å². The molecule has 37 heavy (non-hydrogen) atoms. The molecule has 7 nitrogen and oxygen atoms in total. The fraction of sp³-hybridized carbons (Fsp3) is 0.214. The van der Waals surface area contributed by atoms with Crippen LogP contribution in [0.2, 0.25) is 0 Å². The Morgan fingerprint density at radius 2 is 1.81 bits per heavy atom. The molecule has 0 bridgehead atoms. The summed E-state index contributed by atoms with van der Waals surface area (Å²) in [5, 5.41) is 12.4. The molecule has 0 unspecified atom stereocenters. The first-order chi connectivity index (χ1) is 17.9. The van der Waals surface area contributed by atoms with Gasteiger partial charge in [-0.05, 0) is 76.5 Å². The summed E-state index contributed by atoms with van der Waals surface area (Å²) in [4.78, 5) is 12.8. The van der Waals surface area contributed by atoms with Gasteiger partial charge in [0.2, 0.25) is 0 Å². The number of hydrogen-bond donors (Lipinski definition) is 1. The van der Waals surface area contributed by atoms with Crippen LogP contribution in [0.1, 0.15) is 23.6 Å². The third-order valence-corrected chi connectivity index (χ3v) is 5.83. The summed E-state index contributed by atoms with van der Waals surface area (Å²) in [5.74, 6) is 1.22. The zero-order valence-corrected chi connectivity index (χ0v) is 22.2. The molecule has 3 aromatic carbocycles. The molecule has 0 saturated heterocycles. The Labute approximate surface area is 223 Å². The predicted octanol–water partition coefficient (Wildman–Crippen LogP) is 5.81. The normalized spacial score (nSPS) is 10.9. The third kappa shape index (κ3) is 7.48. The molecule has 3 aromatic rings. The Morgan fingerprint density at radius 1 is 1.05 bits per heavy atom. The lowest BCUT2D eigenvalue weighted by molar-refractivity contribution is -0.117. The maximum atomic E-state index is 13.2. The first kappa shape index (κ1) is 27.6. The molecule has 0 aliphatic rings. The van der Waals surface area contributed by atoms with Crippen molar-refractivity contribution in [3.63, 3.8) is 0 Å². The SMILES string of the molecule is CCOc1cc(/C=C(\C#N)C(=O)NCc2ccc(OC)cc2OC)cc(Br)c1OCc1ccc(F)cc1. The molecule has 9 heteroatoms. The standard InChI is InChI=1S/C28H26BrFN2O5/c1-4-36-26-13-19(12-24(29)27(26)37-17-18-5-8-22(30)9-6-18)11-21(15-31)28(33)32-16-20-7-10-23(34-2)14-25(20)35-3/h5-14H,4,16-17H2,1-3H3,(H,32,33)/b21-11+. The summed E-state index contributed by atoms with van der Waals surface area (Å²) in [6.45, 7) is 2.58. The van der Waals surface area contributed by atoms with Crippen molar-refractivity contribution in [2.75, 3.05) is 20.8 Å². The molecule has 3 rings (SSSR count). The van der Waals surface area contributed by atoms with Gasteiger partial charge in [-0.1, -0.05) is 12.1 Å². The highest BCUT2D eigenvalue weighted by atomic mass is 79.9. The van der Waals surface area contributed by atoms with Crippen molar-refractivity contribution >= 4 is 27.9 Å². The lowest BCUT2D eigenvalue weighted by Crippen LogP contribution is -2.24. The van der Waals surface area contributed by atoms with Gasteiger partial charge < -0.3 is 24.3 Å². The number of carbonyl (C=O) groups is 1. The van der Waals surface area contributed by atoms with Crippen LogP contribution in [0.5, 0.6) is 23.0 Å². The number of nitrogens with zero attached hydrogens (tertiary/aromatic N) is 1. The van der Waals surface area contributed by atoms with Crippen LogP contribution in [-0.2, 0) is 17.9 Å². The van der Waals surface area contributed by atoms with Gasteiger partial charge in [0.25, 0.3) is 5.91 Å². The van der Waals surface area contributed by atoms with E-state index in [0.29, 0.717) is 39.6 Å². The van der Waals surface area contributed by atoms with Crippen LogP contribution < -0.4 is 24.3 Å². The molecule has 0 aliphatic heterocycles. The second-order valence-electron chi connectivity index (χ2n) is 7.71. The highest BCUT2D eigenvalue weighted by Crippen LogP contribution is 2.38. The quantitative estimate of drug-likeness (QED) is 0.232. The van der Waals surface area contributed by atoms with Crippen LogP contribution in [0.25, 0.3) is 6.08 Å². The van der Waals surface area contributed by atoms with Gasteiger partial charge in [0.15, 0.2) is 11.5 Å². The van der Waals surface area contributed by atoms with Crippen LogP contribution in [0, 0.1) is 17.1 Å². The largest absolute Gasteiger partial charge is 0.497 e. The molecule has 0 aliphatic carbocycles. The smallest absolute Gasteiger partial charge is 0.262 e. The summed E-state index contributed by atoms with van der Waals surface area (Å²) < 4.78 is 36.0. The first-order valence-electron chi connectivity index (χ1n) is 11.3. The molecule has 0 spiro atoms. The van der Waals surface area contributed by atoms with Gasteiger partial charge in [0.1, 0.15) is 35.6 Å². The van der Waals surface area contributed by atoms with Gasteiger partial charge in [0.05, 0.1) is 25.3 Å².